The molecule has 1 aromatic carbocycles. The summed E-state index contributed by atoms with van der Waals surface area (Å²) in [5.41, 5.74) is 0.880. The second kappa shape index (κ2) is 2.48. The Morgan fingerprint density at radius 1 is 1.42 bits per heavy atom. The molecule has 12 heavy (non-hydrogen) atoms. The maximum Gasteiger partial charge on any atom is 0.336 e. The predicted octanol–water partition coefficient (Wildman–Crippen LogP) is 2.10. The van der Waals surface area contributed by atoms with Gasteiger partial charge in [0.1, 0.15) is 5.58 Å². The second-order valence-corrected chi connectivity index (χ2v) is 2.59. The van der Waals surface area contributed by atoms with Gasteiger partial charge < -0.3 is 4.42 Å². The fourth-order valence-electron chi connectivity index (χ4n) is 1.18. The number of fused-ring (bicyclic) bond motifs is 1. The van der Waals surface area contributed by atoms with Gasteiger partial charge >= 0.3 is 5.63 Å². The molecular formula is C10H8O2. The van der Waals surface area contributed by atoms with Crippen LogP contribution in [0, 0.1) is 6.90 Å². The van der Waals surface area contributed by atoms with Gasteiger partial charge in [-0.25, -0.2) is 4.79 Å². The molecule has 1 aromatic heterocycles. The van der Waals surface area contributed by atoms with Crippen LogP contribution in [-0.4, -0.2) is 0 Å². The van der Waals surface area contributed by atoms with Gasteiger partial charge in [-0.2, -0.15) is 0 Å². The van der Waals surface area contributed by atoms with E-state index in [4.69, 9.17) is 5.79 Å². The van der Waals surface area contributed by atoms with Crippen LogP contribution in [0.25, 0.3) is 11.0 Å². The lowest BCUT2D eigenvalue weighted by atomic mass is 10.1. The predicted molar refractivity (Wildman–Crippen MR) is 47.2 cm³/mol. The van der Waals surface area contributed by atoms with Gasteiger partial charge in [-0.15, -0.1) is 0 Å². The van der Waals surface area contributed by atoms with Crippen LogP contribution in [0.15, 0.2) is 39.5 Å². The third-order valence-corrected chi connectivity index (χ3v) is 1.74. The molecule has 0 aliphatic heterocycles. The Bertz CT molecular complexity index is 487. The summed E-state index contributed by atoms with van der Waals surface area (Å²) in [6, 6.07) is 8.62. The fourth-order valence-corrected chi connectivity index (χ4v) is 1.18. The molecule has 0 fully saturated rings. The van der Waals surface area contributed by atoms with Crippen molar-refractivity contribution in [3.63, 3.8) is 0 Å². The SMILES string of the molecule is [2H]Cc1cc(=O)oc2ccccc12. The molecule has 0 N–H and O–H groups in total. The number of benzene rings is 1. The molecule has 1 heterocycles. The second-order valence-electron chi connectivity index (χ2n) is 2.59. The molecule has 0 saturated carbocycles. The van der Waals surface area contributed by atoms with Crippen molar-refractivity contribution in [1.82, 2.24) is 0 Å². The van der Waals surface area contributed by atoms with Crippen LogP contribution in [0.4, 0.5) is 0 Å². The number of aryl methyl sites for hydroxylation is 1. The van der Waals surface area contributed by atoms with Crippen LogP contribution < -0.4 is 5.63 Å². The van der Waals surface area contributed by atoms with E-state index in [2.05, 4.69) is 0 Å². The van der Waals surface area contributed by atoms with Crippen molar-refractivity contribution in [3.05, 3.63) is 46.3 Å². The highest BCUT2D eigenvalue weighted by molar-refractivity contribution is 5.79. The molecule has 0 saturated heterocycles. The number of rotatable bonds is 0. The van der Waals surface area contributed by atoms with Gasteiger partial charge in [-0.3, -0.25) is 0 Å². The minimum absolute atomic E-state index is 0.103. The maximum atomic E-state index is 11.0. The summed E-state index contributed by atoms with van der Waals surface area (Å²) in [5.74, 6) is 0. The molecule has 0 bridgehead atoms. The first-order valence-corrected chi connectivity index (χ1v) is 3.62. The van der Waals surface area contributed by atoms with Gasteiger partial charge in [-0.1, -0.05) is 18.2 Å². The van der Waals surface area contributed by atoms with Crippen molar-refractivity contribution in [1.29, 1.82) is 0 Å². The molecule has 0 aliphatic rings. The molecule has 0 radical (unpaired) electrons. The molecule has 0 unspecified atom stereocenters. The van der Waals surface area contributed by atoms with Gasteiger partial charge in [0.05, 0.1) is 0 Å². The lowest BCUT2D eigenvalue weighted by molar-refractivity contribution is 0.560. The van der Waals surface area contributed by atoms with E-state index in [0.29, 0.717) is 11.1 Å². The van der Waals surface area contributed by atoms with Crippen molar-refractivity contribution in [2.75, 3.05) is 0 Å². The molecule has 60 valence electrons. The lowest BCUT2D eigenvalue weighted by Crippen LogP contribution is -1.97. The van der Waals surface area contributed by atoms with E-state index in [1.165, 1.54) is 6.07 Å². The van der Waals surface area contributed by atoms with Crippen LogP contribution in [0.5, 0.6) is 0 Å². The third-order valence-electron chi connectivity index (χ3n) is 1.74. The van der Waals surface area contributed by atoms with Crippen LogP contribution in [0.3, 0.4) is 0 Å². The molecule has 0 atom stereocenters. The van der Waals surface area contributed by atoms with Crippen LogP contribution in [0.2, 0.25) is 0 Å². The standard InChI is InChI=1S/C10H8O2/c1-7-6-10(11)12-9-5-3-2-4-8(7)9/h2-6H,1H3/i1D. The summed E-state index contributed by atoms with van der Waals surface area (Å²) in [6.07, 6.45) is 0. The summed E-state index contributed by atoms with van der Waals surface area (Å²) in [7, 11) is 0. The molecule has 2 aromatic rings. The molecule has 2 nitrogen and oxygen atoms in total. The van der Waals surface area contributed by atoms with E-state index >= 15 is 0 Å². The zero-order valence-corrected chi connectivity index (χ0v) is 6.41. The van der Waals surface area contributed by atoms with Crippen molar-refractivity contribution in [3.8, 4) is 0 Å². The zero-order chi connectivity index (χ0) is 9.26. The average molecular weight is 161 g/mol. The highest BCUT2D eigenvalue weighted by Crippen LogP contribution is 2.14. The highest BCUT2D eigenvalue weighted by Gasteiger charge is 1.98. The summed E-state index contributed by atoms with van der Waals surface area (Å²) in [4.78, 5) is 11.0. The first-order chi connectivity index (χ1) is 6.31. The quantitative estimate of drug-likeness (QED) is 0.554. The van der Waals surface area contributed by atoms with Gasteiger partial charge in [-0.05, 0) is 18.5 Å². The smallest absolute Gasteiger partial charge is 0.336 e. The normalized spacial score (nSPS) is 11.5. The van der Waals surface area contributed by atoms with E-state index in [1.54, 1.807) is 12.1 Å². The average Bonchev–Trinajstić information content (AvgIpc) is 2.16. The Hall–Kier alpha value is -1.57. The van der Waals surface area contributed by atoms with E-state index < -0.39 is 0 Å². The monoisotopic (exact) mass is 161 g/mol. The Kier molecular flexibility index (Phi) is 1.24. The van der Waals surface area contributed by atoms with Crippen molar-refractivity contribution in [2.45, 2.75) is 6.90 Å². The van der Waals surface area contributed by atoms with Gasteiger partial charge in [0.2, 0.25) is 0 Å². The minimum Gasteiger partial charge on any atom is -0.423 e. The lowest BCUT2D eigenvalue weighted by Gasteiger charge is -1.97. The molecule has 0 aliphatic carbocycles. The zero-order valence-electron chi connectivity index (χ0n) is 7.41. The Morgan fingerprint density at radius 3 is 3.08 bits per heavy atom. The summed E-state index contributed by atoms with van der Waals surface area (Å²) in [5, 5.41) is 0.845. The Balaban J connectivity index is 2.89. The maximum absolute atomic E-state index is 11.0. The van der Waals surface area contributed by atoms with Crippen molar-refractivity contribution >= 4 is 11.0 Å². The Morgan fingerprint density at radius 2 is 2.25 bits per heavy atom. The van der Waals surface area contributed by atoms with Crippen molar-refractivity contribution < 1.29 is 5.79 Å². The first-order valence-electron chi connectivity index (χ1n) is 4.33. The van der Waals surface area contributed by atoms with Gasteiger partial charge in [0, 0.05) is 12.8 Å². The summed E-state index contributed by atoms with van der Waals surface area (Å²) < 4.78 is 12.2. The number of hydrogen-bond acceptors (Lipinski definition) is 2. The first kappa shape index (κ1) is 6.00. The van der Waals surface area contributed by atoms with E-state index in [9.17, 15) is 4.79 Å². The van der Waals surface area contributed by atoms with Crippen LogP contribution in [-0.2, 0) is 0 Å². The summed E-state index contributed by atoms with van der Waals surface area (Å²) >= 11 is 0. The van der Waals surface area contributed by atoms with E-state index in [0.717, 1.165) is 5.39 Å². The molecule has 2 heteroatoms. The van der Waals surface area contributed by atoms with Crippen LogP contribution in [0.1, 0.15) is 6.93 Å². The number of hydrogen-bond donors (Lipinski definition) is 0. The van der Waals surface area contributed by atoms with E-state index in [-0.39, 0.29) is 12.5 Å². The number of para-hydroxylation sites is 1. The topological polar surface area (TPSA) is 30.2 Å². The third kappa shape index (κ3) is 1.01. The van der Waals surface area contributed by atoms with Gasteiger partial charge in [0.15, 0.2) is 0 Å². The van der Waals surface area contributed by atoms with Crippen LogP contribution >= 0.6 is 0 Å². The molecule has 2 rings (SSSR count). The van der Waals surface area contributed by atoms with E-state index in [1.807, 2.05) is 12.1 Å². The largest absolute Gasteiger partial charge is 0.423 e. The minimum atomic E-state index is -0.388. The Labute approximate surface area is 70.8 Å². The molecule has 0 spiro atoms. The molecular weight excluding hydrogens is 152 g/mol. The van der Waals surface area contributed by atoms with Crippen molar-refractivity contribution in [2.24, 2.45) is 0 Å². The van der Waals surface area contributed by atoms with Gasteiger partial charge in [0.25, 0.3) is 0 Å². The highest BCUT2D eigenvalue weighted by atomic mass is 16.4. The fraction of sp³-hybridized carbons (Fsp3) is 0.100. The molecule has 0 amide bonds. The summed E-state index contributed by atoms with van der Waals surface area (Å²) in [6.45, 7) is 0.103.